The largest absolute Gasteiger partial charge is 0.399 e. The third-order valence-electron chi connectivity index (χ3n) is 4.14. The third kappa shape index (κ3) is 4.21. The normalized spacial score (nSPS) is 21.2. The summed E-state index contributed by atoms with van der Waals surface area (Å²) in [6, 6.07) is 7.29. The molecule has 3 N–H and O–H groups in total. The topological polar surface area (TPSA) is 58.4 Å². The molecule has 1 aromatic rings. The second-order valence-corrected chi connectivity index (χ2v) is 6.55. The van der Waals surface area contributed by atoms with Gasteiger partial charge in [-0.25, -0.2) is 0 Å². The van der Waals surface area contributed by atoms with Crippen molar-refractivity contribution in [3.8, 4) is 0 Å². The molecular formula is C17H27N3O. The van der Waals surface area contributed by atoms with Crippen LogP contribution in [0.4, 0.5) is 11.4 Å². The van der Waals surface area contributed by atoms with E-state index in [0.29, 0.717) is 11.6 Å². The van der Waals surface area contributed by atoms with E-state index in [1.54, 1.807) is 6.07 Å². The number of carbonyl (C=O) groups is 1. The van der Waals surface area contributed by atoms with E-state index in [0.717, 1.165) is 18.8 Å². The number of anilines is 2. The van der Waals surface area contributed by atoms with Crippen LogP contribution in [0.3, 0.4) is 0 Å². The molecule has 1 aliphatic heterocycles. The van der Waals surface area contributed by atoms with Gasteiger partial charge < -0.3 is 11.1 Å². The molecule has 0 bridgehead atoms. The number of nitrogens with two attached hydrogens (primary N) is 1. The Morgan fingerprint density at radius 3 is 2.81 bits per heavy atom. The molecule has 1 aromatic carbocycles. The van der Waals surface area contributed by atoms with Gasteiger partial charge in [-0.15, -0.1) is 0 Å². The molecule has 1 heterocycles. The molecule has 0 saturated carbocycles. The van der Waals surface area contributed by atoms with Crippen LogP contribution in [0.25, 0.3) is 0 Å². The molecule has 21 heavy (non-hydrogen) atoms. The van der Waals surface area contributed by atoms with Crippen LogP contribution in [0.5, 0.6) is 0 Å². The van der Waals surface area contributed by atoms with E-state index in [-0.39, 0.29) is 17.9 Å². The second-order valence-electron chi connectivity index (χ2n) is 6.55. The first kappa shape index (κ1) is 15.8. The van der Waals surface area contributed by atoms with Gasteiger partial charge >= 0.3 is 0 Å². The number of rotatable bonds is 4. The van der Waals surface area contributed by atoms with E-state index in [2.05, 4.69) is 31.0 Å². The van der Waals surface area contributed by atoms with Gasteiger partial charge in [0.2, 0.25) is 5.91 Å². The summed E-state index contributed by atoms with van der Waals surface area (Å²) in [4.78, 5) is 15.0. The van der Waals surface area contributed by atoms with Gasteiger partial charge in [-0.1, -0.05) is 26.8 Å². The number of likely N-dealkylation sites (tertiary alicyclic amines) is 1. The molecule has 2 unspecified atom stereocenters. The van der Waals surface area contributed by atoms with Crippen LogP contribution in [0.2, 0.25) is 0 Å². The highest BCUT2D eigenvalue weighted by molar-refractivity contribution is 5.95. The number of amides is 1. The maximum Gasteiger partial charge on any atom is 0.241 e. The fourth-order valence-electron chi connectivity index (χ4n) is 3.20. The van der Waals surface area contributed by atoms with Crippen LogP contribution >= 0.6 is 0 Å². The Balaban J connectivity index is 2.08. The molecule has 1 saturated heterocycles. The van der Waals surface area contributed by atoms with Crippen molar-refractivity contribution < 1.29 is 4.79 Å². The highest BCUT2D eigenvalue weighted by Crippen LogP contribution is 2.22. The average Bonchev–Trinajstić information content (AvgIpc) is 2.38. The van der Waals surface area contributed by atoms with E-state index in [4.69, 9.17) is 5.73 Å². The van der Waals surface area contributed by atoms with Crippen molar-refractivity contribution in [1.82, 2.24) is 4.90 Å². The maximum absolute atomic E-state index is 12.7. The number of nitrogens with zero attached hydrogens (tertiary/aromatic N) is 1. The third-order valence-corrected chi connectivity index (χ3v) is 4.14. The minimum Gasteiger partial charge on any atom is -0.399 e. The molecule has 0 aromatic heterocycles. The van der Waals surface area contributed by atoms with Gasteiger partial charge in [0.1, 0.15) is 0 Å². The highest BCUT2D eigenvalue weighted by atomic mass is 16.2. The number of hydrogen-bond donors (Lipinski definition) is 2. The van der Waals surface area contributed by atoms with Crippen molar-refractivity contribution in [1.29, 1.82) is 0 Å². The zero-order valence-corrected chi connectivity index (χ0v) is 13.3. The van der Waals surface area contributed by atoms with Gasteiger partial charge in [0.05, 0.1) is 6.04 Å². The first-order valence-corrected chi connectivity index (χ1v) is 7.88. The lowest BCUT2D eigenvalue weighted by molar-refractivity contribution is -0.123. The van der Waals surface area contributed by atoms with E-state index >= 15 is 0 Å². The summed E-state index contributed by atoms with van der Waals surface area (Å²) in [5.74, 6) is 1.03. The number of hydrogen-bond acceptors (Lipinski definition) is 3. The molecule has 1 aliphatic rings. The summed E-state index contributed by atoms with van der Waals surface area (Å²) in [7, 11) is 0. The molecule has 116 valence electrons. The molecule has 4 heteroatoms. The minimum absolute atomic E-state index is 0.0738. The average molecular weight is 289 g/mol. The van der Waals surface area contributed by atoms with Gasteiger partial charge in [-0.05, 0) is 49.4 Å². The Kier molecular flexibility index (Phi) is 5.23. The lowest BCUT2D eigenvalue weighted by Crippen LogP contribution is -2.50. The Morgan fingerprint density at radius 1 is 1.43 bits per heavy atom. The standard InChI is InChI=1S/C17H27N3O/c1-12(2)16(20-9-5-6-13(3)11-20)17(21)19-15-8-4-7-14(18)10-15/h4,7-8,10,12-13,16H,5-6,9,11,18H2,1-3H3,(H,19,21). The van der Waals surface area contributed by atoms with Crippen molar-refractivity contribution in [3.63, 3.8) is 0 Å². The summed E-state index contributed by atoms with van der Waals surface area (Å²) in [5, 5.41) is 3.02. The highest BCUT2D eigenvalue weighted by Gasteiger charge is 2.31. The molecular weight excluding hydrogens is 262 g/mol. The van der Waals surface area contributed by atoms with Crippen molar-refractivity contribution >= 4 is 17.3 Å². The fraction of sp³-hybridized carbons (Fsp3) is 0.588. The zero-order valence-electron chi connectivity index (χ0n) is 13.3. The summed E-state index contributed by atoms with van der Waals surface area (Å²) < 4.78 is 0. The predicted molar refractivity (Wildman–Crippen MR) is 88.1 cm³/mol. The quantitative estimate of drug-likeness (QED) is 0.838. The molecule has 0 spiro atoms. The molecule has 1 fully saturated rings. The van der Waals surface area contributed by atoms with Crippen LogP contribution in [0.1, 0.15) is 33.6 Å². The van der Waals surface area contributed by atoms with E-state index in [9.17, 15) is 4.79 Å². The Bertz CT molecular complexity index is 487. The molecule has 1 amide bonds. The lowest BCUT2D eigenvalue weighted by Gasteiger charge is -2.38. The summed E-state index contributed by atoms with van der Waals surface area (Å²) in [6.07, 6.45) is 2.44. The summed E-state index contributed by atoms with van der Waals surface area (Å²) >= 11 is 0. The van der Waals surface area contributed by atoms with Gasteiger partial charge in [0, 0.05) is 17.9 Å². The molecule has 4 nitrogen and oxygen atoms in total. The van der Waals surface area contributed by atoms with Crippen LogP contribution < -0.4 is 11.1 Å². The molecule has 2 atom stereocenters. The predicted octanol–water partition coefficient (Wildman–Crippen LogP) is 2.96. The summed E-state index contributed by atoms with van der Waals surface area (Å²) in [5.41, 5.74) is 7.21. The number of nitrogens with one attached hydrogen (secondary N) is 1. The van der Waals surface area contributed by atoms with Gasteiger partial charge in [-0.3, -0.25) is 9.69 Å². The molecule has 0 aliphatic carbocycles. The Hall–Kier alpha value is -1.55. The van der Waals surface area contributed by atoms with E-state index in [1.165, 1.54) is 12.8 Å². The van der Waals surface area contributed by atoms with Crippen molar-refractivity contribution in [3.05, 3.63) is 24.3 Å². The Morgan fingerprint density at radius 2 is 2.19 bits per heavy atom. The van der Waals surface area contributed by atoms with Crippen molar-refractivity contribution in [2.45, 2.75) is 39.7 Å². The first-order valence-electron chi connectivity index (χ1n) is 7.88. The minimum atomic E-state index is -0.0748. The smallest absolute Gasteiger partial charge is 0.241 e. The van der Waals surface area contributed by atoms with Crippen LogP contribution in [0.15, 0.2) is 24.3 Å². The van der Waals surface area contributed by atoms with E-state index in [1.807, 2.05) is 18.2 Å². The Labute approximate surface area is 127 Å². The lowest BCUT2D eigenvalue weighted by atomic mass is 9.94. The van der Waals surface area contributed by atoms with Crippen LogP contribution in [-0.4, -0.2) is 29.9 Å². The van der Waals surface area contributed by atoms with Crippen LogP contribution in [0, 0.1) is 11.8 Å². The van der Waals surface area contributed by atoms with E-state index < -0.39 is 0 Å². The number of piperidine rings is 1. The van der Waals surface area contributed by atoms with Crippen LogP contribution in [-0.2, 0) is 4.79 Å². The maximum atomic E-state index is 12.7. The number of benzene rings is 1. The van der Waals surface area contributed by atoms with Gasteiger partial charge in [-0.2, -0.15) is 0 Å². The van der Waals surface area contributed by atoms with Crippen molar-refractivity contribution in [2.24, 2.45) is 11.8 Å². The van der Waals surface area contributed by atoms with Crippen molar-refractivity contribution in [2.75, 3.05) is 24.1 Å². The van der Waals surface area contributed by atoms with Gasteiger partial charge in [0.25, 0.3) is 0 Å². The summed E-state index contributed by atoms with van der Waals surface area (Å²) in [6.45, 7) is 8.51. The fourth-order valence-corrected chi connectivity index (χ4v) is 3.20. The first-order chi connectivity index (χ1) is 9.97. The molecule has 2 rings (SSSR count). The second kappa shape index (κ2) is 6.94. The zero-order chi connectivity index (χ0) is 15.4. The molecule has 0 radical (unpaired) electrons. The number of carbonyl (C=O) groups excluding carboxylic acids is 1. The monoisotopic (exact) mass is 289 g/mol. The van der Waals surface area contributed by atoms with Gasteiger partial charge in [0.15, 0.2) is 0 Å². The number of nitrogen functional groups attached to an aromatic ring is 1. The SMILES string of the molecule is CC1CCCN(C(C(=O)Nc2cccc(N)c2)C(C)C)C1.